The van der Waals surface area contributed by atoms with Crippen molar-refractivity contribution >= 4 is 0 Å². The van der Waals surface area contributed by atoms with Gasteiger partial charge in [-0.05, 0) is 17.9 Å². The summed E-state index contributed by atoms with van der Waals surface area (Å²) in [5, 5.41) is 3.38. The molecule has 2 nitrogen and oxygen atoms in total. The van der Waals surface area contributed by atoms with Gasteiger partial charge in [-0.25, -0.2) is 0 Å². The van der Waals surface area contributed by atoms with Gasteiger partial charge in [0.1, 0.15) is 0 Å². The Kier molecular flexibility index (Phi) is 5.37. The summed E-state index contributed by atoms with van der Waals surface area (Å²) in [5.74, 6) is 0.679. The number of hydrogen-bond donors (Lipinski definition) is 2. The molecule has 1 atom stereocenters. The highest BCUT2D eigenvalue weighted by molar-refractivity contribution is 5.14. The molecule has 0 aliphatic carbocycles. The lowest BCUT2D eigenvalue weighted by atomic mass is 10.0. The molecular formula is C13H22N2. The van der Waals surface area contributed by atoms with Crippen LogP contribution in [-0.4, -0.2) is 12.6 Å². The Balaban J connectivity index is 2.16. The van der Waals surface area contributed by atoms with E-state index in [1.165, 1.54) is 5.56 Å². The molecule has 3 N–H and O–H groups in total. The summed E-state index contributed by atoms with van der Waals surface area (Å²) in [5.41, 5.74) is 7.29. The highest BCUT2D eigenvalue weighted by Gasteiger charge is 2.04. The molecule has 84 valence electrons. The van der Waals surface area contributed by atoms with Crippen molar-refractivity contribution in [2.45, 2.75) is 32.9 Å². The Morgan fingerprint density at radius 3 is 2.47 bits per heavy atom. The van der Waals surface area contributed by atoms with Gasteiger partial charge in [0.25, 0.3) is 0 Å². The molecule has 1 aromatic rings. The third-order valence-corrected chi connectivity index (χ3v) is 2.35. The van der Waals surface area contributed by atoms with Crippen molar-refractivity contribution in [2.75, 3.05) is 6.54 Å². The normalized spacial score (nSPS) is 13.1. The summed E-state index contributed by atoms with van der Waals surface area (Å²) in [7, 11) is 0. The van der Waals surface area contributed by atoms with E-state index in [2.05, 4.69) is 43.4 Å². The molecule has 0 aliphatic rings. The molecule has 0 bridgehead atoms. The van der Waals surface area contributed by atoms with Crippen LogP contribution in [0.3, 0.4) is 0 Å². The van der Waals surface area contributed by atoms with Gasteiger partial charge in [0.15, 0.2) is 0 Å². The van der Waals surface area contributed by atoms with Gasteiger partial charge >= 0.3 is 0 Å². The van der Waals surface area contributed by atoms with Gasteiger partial charge in [0, 0.05) is 19.1 Å². The first-order valence-corrected chi connectivity index (χ1v) is 5.68. The molecule has 1 aromatic carbocycles. The first kappa shape index (κ1) is 12.2. The molecule has 15 heavy (non-hydrogen) atoms. The van der Waals surface area contributed by atoms with Crippen molar-refractivity contribution in [1.82, 2.24) is 5.32 Å². The average Bonchev–Trinajstić information content (AvgIpc) is 2.18. The van der Waals surface area contributed by atoms with Crippen LogP contribution in [0.4, 0.5) is 0 Å². The van der Waals surface area contributed by atoms with E-state index in [0.717, 1.165) is 19.5 Å². The van der Waals surface area contributed by atoms with Crippen molar-refractivity contribution in [3.8, 4) is 0 Å². The maximum absolute atomic E-state index is 5.98. The van der Waals surface area contributed by atoms with Crippen LogP contribution in [0, 0.1) is 5.92 Å². The van der Waals surface area contributed by atoms with E-state index in [4.69, 9.17) is 5.73 Å². The molecule has 1 rings (SSSR count). The summed E-state index contributed by atoms with van der Waals surface area (Å²) >= 11 is 0. The van der Waals surface area contributed by atoms with Gasteiger partial charge in [-0.2, -0.15) is 0 Å². The van der Waals surface area contributed by atoms with E-state index in [1.54, 1.807) is 0 Å². The van der Waals surface area contributed by atoms with Gasteiger partial charge in [-0.1, -0.05) is 44.2 Å². The minimum absolute atomic E-state index is 0.272. The lowest BCUT2D eigenvalue weighted by Gasteiger charge is -2.14. The summed E-state index contributed by atoms with van der Waals surface area (Å²) in [6.45, 7) is 6.22. The van der Waals surface area contributed by atoms with E-state index < -0.39 is 0 Å². The van der Waals surface area contributed by atoms with Crippen LogP contribution in [0.2, 0.25) is 0 Å². The SMILES string of the molecule is CC(C)CC(N)CNCc1ccccc1. The van der Waals surface area contributed by atoms with E-state index in [1.807, 2.05) is 6.07 Å². The monoisotopic (exact) mass is 206 g/mol. The fraction of sp³-hybridized carbons (Fsp3) is 0.538. The average molecular weight is 206 g/mol. The smallest absolute Gasteiger partial charge is 0.0206 e. The first-order valence-electron chi connectivity index (χ1n) is 5.68. The van der Waals surface area contributed by atoms with Crippen molar-refractivity contribution in [1.29, 1.82) is 0 Å². The Morgan fingerprint density at radius 2 is 1.87 bits per heavy atom. The maximum Gasteiger partial charge on any atom is 0.0206 e. The molecule has 1 unspecified atom stereocenters. The molecule has 0 aliphatic heterocycles. The van der Waals surface area contributed by atoms with Crippen LogP contribution in [0.1, 0.15) is 25.8 Å². The zero-order valence-electron chi connectivity index (χ0n) is 9.74. The van der Waals surface area contributed by atoms with Crippen LogP contribution in [0.25, 0.3) is 0 Å². The van der Waals surface area contributed by atoms with Crippen molar-refractivity contribution in [2.24, 2.45) is 11.7 Å². The molecular weight excluding hydrogens is 184 g/mol. The van der Waals surface area contributed by atoms with E-state index in [0.29, 0.717) is 5.92 Å². The number of nitrogens with one attached hydrogen (secondary N) is 1. The largest absolute Gasteiger partial charge is 0.327 e. The molecule has 0 aromatic heterocycles. The summed E-state index contributed by atoms with van der Waals surface area (Å²) in [6, 6.07) is 10.7. The van der Waals surface area contributed by atoms with Crippen molar-refractivity contribution < 1.29 is 0 Å². The van der Waals surface area contributed by atoms with Gasteiger partial charge in [0.2, 0.25) is 0 Å². The molecule has 0 fully saturated rings. The predicted molar refractivity (Wildman–Crippen MR) is 65.6 cm³/mol. The van der Waals surface area contributed by atoms with E-state index in [9.17, 15) is 0 Å². The third-order valence-electron chi connectivity index (χ3n) is 2.35. The van der Waals surface area contributed by atoms with Crippen LogP contribution >= 0.6 is 0 Å². The van der Waals surface area contributed by atoms with Crippen LogP contribution < -0.4 is 11.1 Å². The van der Waals surface area contributed by atoms with Gasteiger partial charge in [-0.15, -0.1) is 0 Å². The zero-order chi connectivity index (χ0) is 11.1. The molecule has 2 heteroatoms. The summed E-state index contributed by atoms with van der Waals surface area (Å²) in [4.78, 5) is 0. The quantitative estimate of drug-likeness (QED) is 0.748. The third kappa shape index (κ3) is 5.55. The van der Waals surface area contributed by atoms with Crippen molar-refractivity contribution in [3.05, 3.63) is 35.9 Å². The number of benzene rings is 1. The summed E-state index contributed by atoms with van der Waals surface area (Å²) in [6.07, 6.45) is 1.09. The maximum atomic E-state index is 5.98. The molecule has 0 saturated heterocycles. The second-order valence-corrected chi connectivity index (χ2v) is 4.51. The zero-order valence-corrected chi connectivity index (χ0v) is 9.74. The van der Waals surface area contributed by atoms with Gasteiger partial charge in [0.05, 0.1) is 0 Å². The number of hydrogen-bond acceptors (Lipinski definition) is 2. The Bertz CT molecular complexity index is 256. The number of rotatable bonds is 6. The Morgan fingerprint density at radius 1 is 1.20 bits per heavy atom. The lowest BCUT2D eigenvalue weighted by Crippen LogP contribution is -2.34. The van der Waals surface area contributed by atoms with Crippen LogP contribution in [0.15, 0.2) is 30.3 Å². The standard InChI is InChI=1S/C13H22N2/c1-11(2)8-13(14)10-15-9-12-6-4-3-5-7-12/h3-7,11,13,15H,8-10,14H2,1-2H3. The van der Waals surface area contributed by atoms with Gasteiger partial charge < -0.3 is 11.1 Å². The lowest BCUT2D eigenvalue weighted by molar-refractivity contribution is 0.467. The fourth-order valence-corrected chi connectivity index (χ4v) is 1.69. The van der Waals surface area contributed by atoms with E-state index in [-0.39, 0.29) is 6.04 Å². The molecule has 0 radical (unpaired) electrons. The summed E-state index contributed by atoms with van der Waals surface area (Å²) < 4.78 is 0. The molecule has 0 heterocycles. The minimum atomic E-state index is 0.272. The van der Waals surface area contributed by atoms with Crippen LogP contribution in [-0.2, 0) is 6.54 Å². The molecule has 0 saturated carbocycles. The first-order chi connectivity index (χ1) is 7.18. The Hall–Kier alpha value is -0.860. The molecule has 0 spiro atoms. The molecule has 0 amide bonds. The second-order valence-electron chi connectivity index (χ2n) is 4.51. The highest BCUT2D eigenvalue weighted by Crippen LogP contribution is 2.02. The van der Waals surface area contributed by atoms with Crippen molar-refractivity contribution in [3.63, 3.8) is 0 Å². The predicted octanol–water partition coefficient (Wildman–Crippen LogP) is 2.15. The Labute approximate surface area is 92.9 Å². The van der Waals surface area contributed by atoms with E-state index >= 15 is 0 Å². The minimum Gasteiger partial charge on any atom is -0.327 e. The van der Waals surface area contributed by atoms with Gasteiger partial charge in [-0.3, -0.25) is 0 Å². The topological polar surface area (TPSA) is 38.0 Å². The highest BCUT2D eigenvalue weighted by atomic mass is 14.9. The second kappa shape index (κ2) is 6.59. The number of nitrogens with two attached hydrogens (primary N) is 1. The fourth-order valence-electron chi connectivity index (χ4n) is 1.69. The van der Waals surface area contributed by atoms with Crippen LogP contribution in [0.5, 0.6) is 0 Å².